The standard InChI is InChI=1S/C15H19N3O10/c1-7(2)24-6-25-14(20)23-5-8-10-11(28-15(21)27-10)12(26-8)18-4-3-9(17-22)16-13(18)19/h3-4,7-8,10-12,22H,5-6H2,1-2H3,(H,16,17,19)/t8-,10-,11-,12-/m1/s1. The number of aromatic nitrogens is 2. The van der Waals surface area contributed by atoms with Gasteiger partial charge in [-0.3, -0.25) is 15.3 Å². The molecule has 2 saturated heterocycles. The summed E-state index contributed by atoms with van der Waals surface area (Å²) in [6.07, 6.45) is -4.57. The van der Waals surface area contributed by atoms with Crippen LogP contribution < -0.4 is 11.2 Å². The van der Waals surface area contributed by atoms with Crippen molar-refractivity contribution in [3.63, 3.8) is 0 Å². The summed E-state index contributed by atoms with van der Waals surface area (Å²) in [6.45, 7) is 2.96. The van der Waals surface area contributed by atoms with Crippen LogP contribution in [0, 0.1) is 0 Å². The zero-order chi connectivity index (χ0) is 20.3. The van der Waals surface area contributed by atoms with Crippen molar-refractivity contribution in [3.05, 3.63) is 22.7 Å². The normalized spacial score (nSPS) is 25.8. The van der Waals surface area contributed by atoms with Crippen LogP contribution in [0.4, 0.5) is 15.4 Å². The second-order valence-corrected chi connectivity index (χ2v) is 6.13. The number of nitrogens with one attached hydrogen (secondary N) is 1. The molecule has 28 heavy (non-hydrogen) atoms. The van der Waals surface area contributed by atoms with Crippen molar-refractivity contribution in [2.75, 3.05) is 18.9 Å². The van der Waals surface area contributed by atoms with Crippen LogP contribution >= 0.6 is 0 Å². The summed E-state index contributed by atoms with van der Waals surface area (Å²) in [4.78, 5) is 38.8. The topological polar surface area (TPSA) is 157 Å². The Morgan fingerprint density at radius 3 is 2.75 bits per heavy atom. The third-order valence-corrected chi connectivity index (χ3v) is 3.91. The van der Waals surface area contributed by atoms with Gasteiger partial charge in [-0.15, -0.1) is 0 Å². The van der Waals surface area contributed by atoms with E-state index in [4.69, 9.17) is 33.6 Å². The lowest BCUT2D eigenvalue weighted by Gasteiger charge is -2.18. The van der Waals surface area contributed by atoms with Gasteiger partial charge in [0.25, 0.3) is 0 Å². The van der Waals surface area contributed by atoms with E-state index >= 15 is 0 Å². The van der Waals surface area contributed by atoms with Gasteiger partial charge in [-0.1, -0.05) is 0 Å². The lowest BCUT2D eigenvalue weighted by atomic mass is 10.1. The van der Waals surface area contributed by atoms with Crippen molar-refractivity contribution in [3.8, 4) is 0 Å². The average Bonchev–Trinajstić information content (AvgIpc) is 3.17. The van der Waals surface area contributed by atoms with Gasteiger partial charge in [0, 0.05) is 6.20 Å². The van der Waals surface area contributed by atoms with E-state index in [1.54, 1.807) is 19.3 Å². The van der Waals surface area contributed by atoms with Crippen molar-refractivity contribution in [2.45, 2.75) is 44.5 Å². The molecule has 0 amide bonds. The highest BCUT2D eigenvalue weighted by Crippen LogP contribution is 2.37. The number of hydrogen-bond acceptors (Lipinski definition) is 12. The molecule has 0 radical (unpaired) electrons. The molecular weight excluding hydrogens is 382 g/mol. The van der Waals surface area contributed by atoms with E-state index in [2.05, 4.69) is 4.98 Å². The van der Waals surface area contributed by atoms with Crippen molar-refractivity contribution >= 4 is 18.1 Å². The van der Waals surface area contributed by atoms with Gasteiger partial charge in [0.05, 0.1) is 6.10 Å². The second-order valence-electron chi connectivity index (χ2n) is 6.13. The molecule has 0 spiro atoms. The fraction of sp³-hybridized carbons (Fsp3) is 0.600. The molecule has 0 aliphatic carbocycles. The van der Waals surface area contributed by atoms with Gasteiger partial charge in [0.1, 0.15) is 12.7 Å². The summed E-state index contributed by atoms with van der Waals surface area (Å²) in [5.41, 5.74) is 0.981. The number of ether oxygens (including phenoxy) is 6. The van der Waals surface area contributed by atoms with Crippen LogP contribution in [-0.4, -0.2) is 64.9 Å². The smallest absolute Gasteiger partial charge is 0.431 e. The lowest BCUT2D eigenvalue weighted by molar-refractivity contribution is -0.0950. The van der Waals surface area contributed by atoms with Gasteiger partial charge in [0.15, 0.2) is 31.0 Å². The SMILES string of the molecule is CC(C)OCOC(=O)OC[C@H]1O[C@@H](n2ccc(NO)nc2=O)[C@@H]2OC(=O)O[C@@H]21. The van der Waals surface area contributed by atoms with Crippen LogP contribution in [0.5, 0.6) is 0 Å². The van der Waals surface area contributed by atoms with Gasteiger partial charge in [-0.2, -0.15) is 4.98 Å². The molecule has 3 heterocycles. The molecule has 2 aliphatic rings. The van der Waals surface area contributed by atoms with Crippen molar-refractivity contribution < 1.29 is 43.2 Å². The minimum Gasteiger partial charge on any atom is -0.431 e. The maximum atomic E-state index is 12.1. The van der Waals surface area contributed by atoms with E-state index in [-0.39, 0.29) is 25.3 Å². The number of carbonyl (C=O) groups excluding carboxylic acids is 2. The molecule has 13 heteroatoms. The van der Waals surface area contributed by atoms with Crippen LogP contribution in [0.25, 0.3) is 0 Å². The molecule has 13 nitrogen and oxygen atoms in total. The first-order valence-corrected chi connectivity index (χ1v) is 8.32. The van der Waals surface area contributed by atoms with Crippen molar-refractivity contribution in [1.82, 2.24) is 9.55 Å². The van der Waals surface area contributed by atoms with Crippen molar-refractivity contribution in [1.29, 1.82) is 0 Å². The minimum atomic E-state index is -1.06. The molecular formula is C15H19N3O10. The number of anilines is 1. The molecule has 4 atom stereocenters. The summed E-state index contributed by atoms with van der Waals surface area (Å²) in [5.74, 6) is -0.0679. The van der Waals surface area contributed by atoms with Gasteiger partial charge < -0.3 is 28.4 Å². The number of fused-ring (bicyclic) bond motifs is 1. The van der Waals surface area contributed by atoms with E-state index in [0.717, 1.165) is 4.57 Å². The summed E-state index contributed by atoms with van der Waals surface area (Å²) < 4.78 is 31.6. The quantitative estimate of drug-likeness (QED) is 0.368. The Morgan fingerprint density at radius 1 is 1.32 bits per heavy atom. The Bertz CT molecular complexity index is 782. The van der Waals surface area contributed by atoms with E-state index in [0.29, 0.717) is 0 Å². The third kappa shape index (κ3) is 4.32. The summed E-state index contributed by atoms with van der Waals surface area (Å²) in [6, 6.07) is 1.31. The largest absolute Gasteiger partial charge is 0.510 e. The minimum absolute atomic E-state index is 0.0679. The molecule has 0 unspecified atom stereocenters. The molecule has 0 aromatic carbocycles. The first-order valence-electron chi connectivity index (χ1n) is 8.32. The van der Waals surface area contributed by atoms with Crippen LogP contribution in [-0.2, 0) is 28.4 Å². The fourth-order valence-corrected chi connectivity index (χ4v) is 2.66. The zero-order valence-electron chi connectivity index (χ0n) is 15.0. The molecule has 3 rings (SSSR count). The van der Waals surface area contributed by atoms with E-state index in [9.17, 15) is 14.4 Å². The highest BCUT2D eigenvalue weighted by molar-refractivity contribution is 5.63. The van der Waals surface area contributed by atoms with Crippen LogP contribution in [0.15, 0.2) is 17.1 Å². The Labute approximate surface area is 158 Å². The first kappa shape index (κ1) is 19.9. The highest BCUT2D eigenvalue weighted by atomic mass is 16.8. The molecule has 2 N–H and O–H groups in total. The zero-order valence-corrected chi connectivity index (χ0v) is 15.0. The Kier molecular flexibility index (Phi) is 5.96. The van der Waals surface area contributed by atoms with Gasteiger partial charge >= 0.3 is 18.0 Å². The number of carbonyl (C=O) groups is 2. The van der Waals surface area contributed by atoms with E-state index in [1.807, 2.05) is 0 Å². The van der Waals surface area contributed by atoms with Crippen molar-refractivity contribution in [2.24, 2.45) is 0 Å². The predicted molar refractivity (Wildman–Crippen MR) is 86.5 cm³/mol. The van der Waals surface area contributed by atoms with E-state index < -0.39 is 42.5 Å². The van der Waals surface area contributed by atoms with Gasteiger partial charge in [0.2, 0.25) is 0 Å². The molecule has 1 aromatic heterocycles. The maximum Gasteiger partial charge on any atom is 0.510 e. The fourth-order valence-electron chi connectivity index (χ4n) is 2.66. The Hall–Kier alpha value is -2.90. The molecule has 1 aromatic rings. The lowest BCUT2D eigenvalue weighted by Crippen LogP contribution is -2.34. The average molecular weight is 401 g/mol. The molecule has 2 fully saturated rings. The third-order valence-electron chi connectivity index (χ3n) is 3.91. The predicted octanol–water partition coefficient (Wildman–Crippen LogP) is 0.382. The maximum absolute atomic E-state index is 12.1. The summed E-state index contributed by atoms with van der Waals surface area (Å²) in [5, 5.41) is 8.81. The Balaban J connectivity index is 1.65. The number of nitrogens with zero attached hydrogens (tertiary/aromatic N) is 2. The highest BCUT2D eigenvalue weighted by Gasteiger charge is 2.55. The first-order chi connectivity index (χ1) is 13.4. The van der Waals surface area contributed by atoms with Gasteiger partial charge in [-0.25, -0.2) is 14.4 Å². The molecule has 0 bridgehead atoms. The number of rotatable bonds is 7. The Morgan fingerprint density at radius 2 is 2.07 bits per heavy atom. The monoisotopic (exact) mass is 401 g/mol. The summed E-state index contributed by atoms with van der Waals surface area (Å²) >= 11 is 0. The van der Waals surface area contributed by atoms with Crippen LogP contribution in [0.3, 0.4) is 0 Å². The van der Waals surface area contributed by atoms with E-state index in [1.165, 1.54) is 12.3 Å². The molecule has 0 saturated carbocycles. The summed E-state index contributed by atoms with van der Waals surface area (Å²) in [7, 11) is 0. The van der Waals surface area contributed by atoms with Crippen LogP contribution in [0.2, 0.25) is 0 Å². The van der Waals surface area contributed by atoms with Gasteiger partial charge in [-0.05, 0) is 19.9 Å². The number of hydrogen-bond donors (Lipinski definition) is 2. The molecule has 154 valence electrons. The second kappa shape index (κ2) is 8.41. The molecule has 2 aliphatic heterocycles. The van der Waals surface area contributed by atoms with Crippen LogP contribution in [0.1, 0.15) is 20.1 Å².